The maximum atomic E-state index is 13.0. The summed E-state index contributed by atoms with van der Waals surface area (Å²) in [7, 11) is 0. The van der Waals surface area contributed by atoms with Gasteiger partial charge >= 0.3 is 5.97 Å². The second-order valence-corrected chi connectivity index (χ2v) is 6.23. The predicted octanol–water partition coefficient (Wildman–Crippen LogP) is 2.76. The van der Waals surface area contributed by atoms with Gasteiger partial charge in [-0.15, -0.1) is 0 Å². The van der Waals surface area contributed by atoms with Gasteiger partial charge in [0.1, 0.15) is 6.04 Å². The minimum Gasteiger partial charge on any atom is -0.464 e. The molecule has 0 aliphatic heterocycles. The van der Waals surface area contributed by atoms with Crippen molar-refractivity contribution in [1.29, 1.82) is 0 Å². The van der Waals surface area contributed by atoms with E-state index in [0.29, 0.717) is 12.1 Å². The van der Waals surface area contributed by atoms with Crippen LogP contribution in [0.1, 0.15) is 41.6 Å². The molecule has 1 atom stereocenters. The Bertz CT molecular complexity index is 737. The molecule has 25 heavy (non-hydrogen) atoms. The van der Waals surface area contributed by atoms with Crippen molar-refractivity contribution >= 4 is 11.9 Å². The average molecular weight is 342 g/mol. The van der Waals surface area contributed by atoms with E-state index in [4.69, 9.17) is 9.26 Å². The number of aromatic nitrogens is 1. The van der Waals surface area contributed by atoms with Crippen molar-refractivity contribution in [3.8, 4) is 0 Å². The fourth-order valence-corrected chi connectivity index (χ4v) is 2.88. The highest BCUT2D eigenvalue weighted by atomic mass is 16.5. The topological polar surface area (TPSA) is 72.6 Å². The van der Waals surface area contributed by atoms with Crippen molar-refractivity contribution in [3.05, 3.63) is 53.4 Å². The zero-order valence-electron chi connectivity index (χ0n) is 14.5. The van der Waals surface area contributed by atoms with E-state index in [0.717, 1.165) is 18.4 Å². The minimum absolute atomic E-state index is 0.0380. The number of hydrogen-bond donors (Lipinski definition) is 0. The molecule has 1 fully saturated rings. The van der Waals surface area contributed by atoms with Crippen LogP contribution in [-0.4, -0.2) is 40.6 Å². The molecule has 0 radical (unpaired) electrons. The highest BCUT2D eigenvalue weighted by Gasteiger charge is 2.42. The molecule has 2 aromatic rings. The van der Waals surface area contributed by atoms with Gasteiger partial charge in [-0.05, 0) is 32.3 Å². The fraction of sp³-hybridized carbons (Fsp3) is 0.421. The molecule has 6 heteroatoms. The largest absolute Gasteiger partial charge is 0.464 e. The summed E-state index contributed by atoms with van der Waals surface area (Å²) in [6.45, 7) is 3.80. The van der Waals surface area contributed by atoms with Gasteiger partial charge in [-0.3, -0.25) is 4.79 Å². The summed E-state index contributed by atoms with van der Waals surface area (Å²) in [4.78, 5) is 27.2. The Kier molecular flexibility index (Phi) is 5.16. The van der Waals surface area contributed by atoms with Crippen LogP contribution in [0.25, 0.3) is 0 Å². The molecular weight excluding hydrogens is 320 g/mol. The minimum atomic E-state index is -0.673. The lowest BCUT2D eigenvalue weighted by molar-refractivity contribution is -0.148. The van der Waals surface area contributed by atoms with E-state index < -0.39 is 6.04 Å². The molecule has 1 aliphatic rings. The summed E-state index contributed by atoms with van der Waals surface area (Å²) < 4.78 is 10.4. The summed E-state index contributed by atoms with van der Waals surface area (Å²) >= 11 is 0. The van der Waals surface area contributed by atoms with Gasteiger partial charge < -0.3 is 14.2 Å². The smallest absolute Gasteiger partial charge is 0.329 e. The number of amides is 1. The van der Waals surface area contributed by atoms with Crippen LogP contribution in [0.4, 0.5) is 0 Å². The Hall–Kier alpha value is -2.63. The van der Waals surface area contributed by atoms with Gasteiger partial charge in [-0.2, -0.15) is 0 Å². The molecule has 1 aliphatic carbocycles. The summed E-state index contributed by atoms with van der Waals surface area (Å²) in [5, 5.41) is 3.79. The van der Waals surface area contributed by atoms with Crippen LogP contribution in [0.2, 0.25) is 0 Å². The highest BCUT2D eigenvalue weighted by molar-refractivity contribution is 5.95. The Morgan fingerprint density at radius 3 is 2.60 bits per heavy atom. The lowest BCUT2D eigenvalue weighted by Crippen LogP contribution is -2.48. The van der Waals surface area contributed by atoms with Crippen LogP contribution in [0.5, 0.6) is 0 Å². The first-order valence-electron chi connectivity index (χ1n) is 8.56. The number of carbonyl (C=O) groups is 2. The van der Waals surface area contributed by atoms with E-state index in [-0.39, 0.29) is 30.3 Å². The zero-order chi connectivity index (χ0) is 17.8. The molecular formula is C19H22N2O4. The molecule has 1 heterocycles. The molecule has 0 saturated heterocycles. The number of aryl methyl sites for hydroxylation is 1. The molecule has 1 aromatic carbocycles. The number of benzene rings is 1. The molecule has 1 aromatic heterocycles. The third-order valence-electron chi connectivity index (χ3n) is 4.18. The number of rotatable bonds is 7. The first-order chi connectivity index (χ1) is 12.1. The molecule has 132 valence electrons. The maximum Gasteiger partial charge on any atom is 0.329 e. The first kappa shape index (κ1) is 17.2. The van der Waals surface area contributed by atoms with Gasteiger partial charge in [-0.1, -0.05) is 35.5 Å². The van der Waals surface area contributed by atoms with E-state index in [9.17, 15) is 9.59 Å². The molecule has 0 N–H and O–H groups in total. The van der Waals surface area contributed by atoms with Crippen molar-refractivity contribution in [2.24, 2.45) is 0 Å². The van der Waals surface area contributed by atoms with E-state index in [1.165, 1.54) is 0 Å². The second kappa shape index (κ2) is 7.51. The van der Waals surface area contributed by atoms with E-state index >= 15 is 0 Å². The van der Waals surface area contributed by atoms with Crippen molar-refractivity contribution in [2.45, 2.75) is 45.2 Å². The van der Waals surface area contributed by atoms with Crippen LogP contribution < -0.4 is 0 Å². The average Bonchev–Trinajstić information content (AvgIpc) is 3.35. The molecule has 0 unspecified atom stereocenters. The van der Waals surface area contributed by atoms with Gasteiger partial charge in [0, 0.05) is 18.5 Å². The van der Waals surface area contributed by atoms with Crippen molar-refractivity contribution in [1.82, 2.24) is 10.1 Å². The Balaban J connectivity index is 1.89. The van der Waals surface area contributed by atoms with Crippen LogP contribution in [-0.2, 0) is 16.0 Å². The van der Waals surface area contributed by atoms with Crippen LogP contribution in [0.3, 0.4) is 0 Å². The summed E-state index contributed by atoms with van der Waals surface area (Å²) in [6.07, 6.45) is 2.17. The standard InChI is InChI=1S/C19H22N2O4/c1-3-24-19(23)16(12-14-7-5-4-6-8-14)21(15-9-10-15)18(22)17-11-13(2)20-25-17/h4-8,11,15-16H,3,9-10,12H2,1-2H3/t16-/m1/s1. The lowest BCUT2D eigenvalue weighted by atomic mass is 10.0. The lowest BCUT2D eigenvalue weighted by Gasteiger charge is -2.29. The zero-order valence-corrected chi connectivity index (χ0v) is 14.5. The van der Waals surface area contributed by atoms with Crippen molar-refractivity contribution in [2.75, 3.05) is 6.61 Å². The van der Waals surface area contributed by atoms with Gasteiger partial charge in [0.2, 0.25) is 5.76 Å². The number of carbonyl (C=O) groups excluding carboxylic acids is 2. The first-order valence-corrected chi connectivity index (χ1v) is 8.56. The van der Waals surface area contributed by atoms with Gasteiger partial charge in [0.05, 0.1) is 12.3 Å². The van der Waals surface area contributed by atoms with Crippen LogP contribution >= 0.6 is 0 Å². The summed E-state index contributed by atoms with van der Waals surface area (Å²) in [6, 6.07) is 10.6. The SMILES string of the molecule is CCOC(=O)[C@@H](Cc1ccccc1)N(C(=O)c1cc(C)no1)C1CC1. The van der Waals surface area contributed by atoms with Crippen LogP contribution in [0.15, 0.2) is 40.9 Å². The highest BCUT2D eigenvalue weighted by Crippen LogP contribution is 2.32. The Labute approximate surface area is 146 Å². The Morgan fingerprint density at radius 2 is 2.04 bits per heavy atom. The number of hydrogen-bond acceptors (Lipinski definition) is 5. The van der Waals surface area contributed by atoms with Gasteiger partial charge in [0.15, 0.2) is 0 Å². The summed E-state index contributed by atoms with van der Waals surface area (Å²) in [5.41, 5.74) is 1.61. The fourth-order valence-electron chi connectivity index (χ4n) is 2.88. The molecule has 1 saturated carbocycles. The quantitative estimate of drug-likeness (QED) is 0.724. The van der Waals surface area contributed by atoms with E-state index in [1.807, 2.05) is 30.3 Å². The second-order valence-electron chi connectivity index (χ2n) is 6.23. The molecule has 0 bridgehead atoms. The van der Waals surface area contributed by atoms with E-state index in [1.54, 1.807) is 24.8 Å². The van der Waals surface area contributed by atoms with Crippen molar-refractivity contribution in [3.63, 3.8) is 0 Å². The molecule has 1 amide bonds. The molecule has 6 nitrogen and oxygen atoms in total. The summed E-state index contributed by atoms with van der Waals surface area (Å²) in [5.74, 6) is -0.535. The van der Waals surface area contributed by atoms with Crippen LogP contribution in [0, 0.1) is 6.92 Å². The molecule has 0 spiro atoms. The number of ether oxygens (including phenoxy) is 1. The Morgan fingerprint density at radius 1 is 1.32 bits per heavy atom. The van der Waals surface area contributed by atoms with Crippen molar-refractivity contribution < 1.29 is 18.8 Å². The third-order valence-corrected chi connectivity index (χ3v) is 4.18. The monoisotopic (exact) mass is 342 g/mol. The number of nitrogens with zero attached hydrogens (tertiary/aromatic N) is 2. The van der Waals surface area contributed by atoms with E-state index in [2.05, 4.69) is 5.16 Å². The van der Waals surface area contributed by atoms with Gasteiger partial charge in [0.25, 0.3) is 5.91 Å². The predicted molar refractivity (Wildman–Crippen MR) is 91.0 cm³/mol. The number of esters is 1. The molecule has 3 rings (SSSR count). The maximum absolute atomic E-state index is 13.0. The third kappa shape index (κ3) is 4.07. The van der Waals surface area contributed by atoms with Gasteiger partial charge in [-0.25, -0.2) is 4.79 Å². The normalized spacial score (nSPS) is 14.8.